The van der Waals surface area contributed by atoms with Gasteiger partial charge in [-0.3, -0.25) is 10.1 Å². The van der Waals surface area contributed by atoms with Crippen LogP contribution in [-0.2, 0) is 0 Å². The fraction of sp³-hybridized carbons (Fsp3) is 0.500. The number of rotatable bonds is 6. The van der Waals surface area contributed by atoms with Gasteiger partial charge in [0.05, 0.1) is 10.5 Å². The summed E-state index contributed by atoms with van der Waals surface area (Å²) in [6, 6.07) is 3.99. The maximum atomic E-state index is 11.2. The van der Waals surface area contributed by atoms with Gasteiger partial charge in [0, 0.05) is 19.2 Å². The number of aliphatic hydroxyl groups is 1. The van der Waals surface area contributed by atoms with Gasteiger partial charge in [0.15, 0.2) is 0 Å². The molecule has 21 heavy (non-hydrogen) atoms. The number of nitro benzene ring substituents is 1. The zero-order chi connectivity index (χ0) is 15.4. The largest absolute Gasteiger partial charge is 0.478 e. The summed E-state index contributed by atoms with van der Waals surface area (Å²) in [7, 11) is 0. The summed E-state index contributed by atoms with van der Waals surface area (Å²) in [5, 5.41) is 32.4. The van der Waals surface area contributed by atoms with Crippen LogP contribution in [0, 0.1) is 22.0 Å². The normalized spacial score (nSPS) is 21.2. The first-order valence-corrected chi connectivity index (χ1v) is 6.90. The Balaban J connectivity index is 2.21. The molecular formula is C14H18N2O5. The lowest BCUT2D eigenvalue weighted by molar-refractivity contribution is -0.384. The van der Waals surface area contributed by atoms with Gasteiger partial charge in [-0.25, -0.2) is 4.79 Å². The SMILES string of the molecule is O=C(O)c1cccc([N+](=O)[O-])c1NCC1CCCC1CO. The zero-order valence-corrected chi connectivity index (χ0v) is 11.5. The van der Waals surface area contributed by atoms with Gasteiger partial charge >= 0.3 is 5.97 Å². The Morgan fingerprint density at radius 2 is 2.10 bits per heavy atom. The minimum atomic E-state index is -1.20. The zero-order valence-electron chi connectivity index (χ0n) is 11.5. The fourth-order valence-electron chi connectivity index (χ4n) is 2.91. The molecule has 1 aromatic rings. The van der Waals surface area contributed by atoms with E-state index in [0.717, 1.165) is 19.3 Å². The van der Waals surface area contributed by atoms with E-state index in [9.17, 15) is 20.0 Å². The summed E-state index contributed by atoms with van der Waals surface area (Å²) >= 11 is 0. The minimum absolute atomic E-state index is 0.0404. The third-order valence-corrected chi connectivity index (χ3v) is 4.06. The van der Waals surface area contributed by atoms with Crippen LogP contribution in [0.15, 0.2) is 18.2 Å². The van der Waals surface area contributed by atoms with Crippen LogP contribution < -0.4 is 5.32 Å². The molecule has 1 saturated carbocycles. The average Bonchev–Trinajstić information content (AvgIpc) is 2.91. The Hall–Kier alpha value is -2.15. The number of carboxylic acid groups (broad SMARTS) is 1. The number of hydrogen-bond acceptors (Lipinski definition) is 5. The van der Waals surface area contributed by atoms with Gasteiger partial charge in [-0.05, 0) is 30.7 Å². The van der Waals surface area contributed by atoms with Crippen LogP contribution in [0.4, 0.5) is 11.4 Å². The number of carboxylic acids is 1. The molecular weight excluding hydrogens is 276 g/mol. The molecule has 0 aliphatic heterocycles. The average molecular weight is 294 g/mol. The van der Waals surface area contributed by atoms with Gasteiger partial charge in [0.2, 0.25) is 0 Å². The molecule has 114 valence electrons. The van der Waals surface area contributed by atoms with Crippen molar-refractivity contribution in [3.05, 3.63) is 33.9 Å². The summed E-state index contributed by atoms with van der Waals surface area (Å²) in [6.45, 7) is 0.519. The Kier molecular flexibility index (Phi) is 4.74. The van der Waals surface area contributed by atoms with E-state index in [-0.39, 0.29) is 35.4 Å². The molecule has 0 radical (unpaired) electrons. The van der Waals surface area contributed by atoms with Crippen molar-refractivity contribution in [3.8, 4) is 0 Å². The highest BCUT2D eigenvalue weighted by atomic mass is 16.6. The second kappa shape index (κ2) is 6.53. The highest BCUT2D eigenvalue weighted by Crippen LogP contribution is 2.33. The second-order valence-electron chi connectivity index (χ2n) is 5.28. The van der Waals surface area contributed by atoms with Gasteiger partial charge in [0.25, 0.3) is 5.69 Å². The molecule has 1 aromatic carbocycles. The molecule has 1 fully saturated rings. The van der Waals surface area contributed by atoms with Crippen LogP contribution in [-0.4, -0.2) is 34.3 Å². The maximum Gasteiger partial charge on any atom is 0.338 e. The van der Waals surface area contributed by atoms with Crippen molar-refractivity contribution >= 4 is 17.3 Å². The predicted molar refractivity (Wildman–Crippen MR) is 76.5 cm³/mol. The maximum absolute atomic E-state index is 11.2. The second-order valence-corrected chi connectivity index (χ2v) is 5.28. The van der Waals surface area contributed by atoms with Crippen molar-refractivity contribution in [2.45, 2.75) is 19.3 Å². The van der Waals surface area contributed by atoms with Crippen molar-refractivity contribution in [2.24, 2.45) is 11.8 Å². The number of hydrogen-bond donors (Lipinski definition) is 3. The molecule has 0 amide bonds. The standard InChI is InChI=1S/C14H18N2O5/c17-8-10-4-1-3-9(10)7-15-13-11(14(18)19)5-2-6-12(13)16(20)21/h2,5-6,9-10,15,17H,1,3-4,7-8H2,(H,18,19). The molecule has 1 aliphatic rings. The molecule has 1 aliphatic carbocycles. The lowest BCUT2D eigenvalue weighted by Gasteiger charge is -2.19. The van der Waals surface area contributed by atoms with Gasteiger partial charge < -0.3 is 15.5 Å². The number of nitrogens with one attached hydrogen (secondary N) is 1. The number of aliphatic hydroxyl groups excluding tert-OH is 1. The van der Waals surface area contributed by atoms with Gasteiger partial charge in [0.1, 0.15) is 5.69 Å². The first-order valence-electron chi connectivity index (χ1n) is 6.90. The van der Waals surface area contributed by atoms with Crippen LogP contribution in [0.1, 0.15) is 29.6 Å². The first-order chi connectivity index (χ1) is 10.0. The van der Waals surface area contributed by atoms with Crippen LogP contribution in [0.25, 0.3) is 0 Å². The number of nitro groups is 1. The third kappa shape index (κ3) is 3.30. The molecule has 0 bridgehead atoms. The molecule has 3 N–H and O–H groups in total. The topological polar surface area (TPSA) is 113 Å². The summed E-state index contributed by atoms with van der Waals surface area (Å²) in [5.41, 5.74) is -0.310. The van der Waals surface area contributed by atoms with Crippen LogP contribution >= 0.6 is 0 Å². The summed E-state index contributed by atoms with van der Waals surface area (Å²) < 4.78 is 0. The van der Waals surface area contributed by atoms with Gasteiger partial charge in [-0.1, -0.05) is 12.5 Å². The molecule has 0 heterocycles. The summed E-state index contributed by atoms with van der Waals surface area (Å²) in [6.07, 6.45) is 2.88. The minimum Gasteiger partial charge on any atom is -0.478 e. The monoisotopic (exact) mass is 294 g/mol. The molecule has 2 atom stereocenters. The number of benzene rings is 1. The highest BCUT2D eigenvalue weighted by molar-refractivity contribution is 5.96. The van der Waals surface area contributed by atoms with E-state index in [2.05, 4.69) is 5.32 Å². The van der Waals surface area contributed by atoms with Gasteiger partial charge in [-0.15, -0.1) is 0 Å². The van der Waals surface area contributed by atoms with E-state index in [4.69, 9.17) is 5.11 Å². The number of nitrogens with zero attached hydrogens (tertiary/aromatic N) is 1. The van der Waals surface area contributed by atoms with E-state index in [0.29, 0.717) is 6.54 Å². The van der Waals surface area contributed by atoms with E-state index in [1.54, 1.807) is 0 Å². The van der Waals surface area contributed by atoms with Crippen LogP contribution in [0.3, 0.4) is 0 Å². The quantitative estimate of drug-likeness (QED) is 0.547. The Morgan fingerprint density at radius 1 is 1.38 bits per heavy atom. The van der Waals surface area contributed by atoms with Crippen molar-refractivity contribution in [3.63, 3.8) is 0 Å². The van der Waals surface area contributed by atoms with Crippen molar-refractivity contribution in [1.29, 1.82) is 0 Å². The van der Waals surface area contributed by atoms with Crippen molar-refractivity contribution < 1.29 is 19.9 Å². The molecule has 0 saturated heterocycles. The fourth-order valence-corrected chi connectivity index (χ4v) is 2.91. The van der Waals surface area contributed by atoms with Crippen molar-refractivity contribution in [2.75, 3.05) is 18.5 Å². The molecule has 2 unspecified atom stereocenters. The lowest BCUT2D eigenvalue weighted by atomic mass is 9.96. The third-order valence-electron chi connectivity index (χ3n) is 4.06. The smallest absolute Gasteiger partial charge is 0.338 e. The summed E-state index contributed by atoms with van der Waals surface area (Å²) in [5.74, 6) is -0.823. The highest BCUT2D eigenvalue weighted by Gasteiger charge is 2.28. The Bertz CT molecular complexity index is 514. The summed E-state index contributed by atoms with van der Waals surface area (Å²) in [4.78, 5) is 21.7. The van der Waals surface area contributed by atoms with E-state index in [1.807, 2.05) is 0 Å². The van der Waals surface area contributed by atoms with Crippen LogP contribution in [0.2, 0.25) is 0 Å². The number of aromatic carboxylic acids is 1. The molecule has 0 spiro atoms. The number of anilines is 1. The van der Waals surface area contributed by atoms with E-state index >= 15 is 0 Å². The lowest BCUT2D eigenvalue weighted by Crippen LogP contribution is -2.22. The molecule has 7 heteroatoms. The van der Waals surface area contributed by atoms with Crippen LogP contribution in [0.5, 0.6) is 0 Å². The first kappa shape index (κ1) is 15.2. The predicted octanol–water partition coefficient (Wildman–Crippen LogP) is 2.11. The Labute approximate surface area is 121 Å². The number of para-hydroxylation sites is 1. The van der Waals surface area contributed by atoms with E-state index < -0.39 is 10.9 Å². The van der Waals surface area contributed by atoms with Gasteiger partial charge in [-0.2, -0.15) is 0 Å². The van der Waals surface area contributed by atoms with E-state index in [1.165, 1.54) is 18.2 Å². The molecule has 0 aromatic heterocycles. The Morgan fingerprint density at radius 3 is 2.71 bits per heavy atom. The number of carbonyl (C=O) groups is 1. The molecule has 7 nitrogen and oxygen atoms in total. The van der Waals surface area contributed by atoms with Crippen molar-refractivity contribution in [1.82, 2.24) is 0 Å². The molecule has 2 rings (SSSR count).